The lowest BCUT2D eigenvalue weighted by molar-refractivity contribution is -0.138. The van der Waals surface area contributed by atoms with Crippen LogP contribution in [0.5, 0.6) is 0 Å². The van der Waals surface area contributed by atoms with Crippen molar-refractivity contribution < 1.29 is 23.1 Å². The normalized spacial score (nSPS) is 11.8. The summed E-state index contributed by atoms with van der Waals surface area (Å²) in [6.07, 6.45) is -4.81. The molecule has 0 bridgehead atoms. The molecular weight excluding hydrogens is 273 g/mol. The van der Waals surface area contributed by atoms with E-state index in [2.05, 4.69) is 5.32 Å². The van der Waals surface area contributed by atoms with Gasteiger partial charge in [0.2, 0.25) is 0 Å². The summed E-state index contributed by atoms with van der Waals surface area (Å²) in [7, 11) is 0. The Morgan fingerprint density at radius 3 is 2.45 bits per heavy atom. The number of nitriles is 1. The van der Waals surface area contributed by atoms with Crippen molar-refractivity contribution in [3.8, 4) is 6.07 Å². The van der Waals surface area contributed by atoms with E-state index in [-0.39, 0.29) is 12.1 Å². The van der Waals surface area contributed by atoms with Crippen LogP contribution in [0.25, 0.3) is 0 Å². The van der Waals surface area contributed by atoms with Gasteiger partial charge in [-0.25, -0.2) is 0 Å². The molecule has 2 N–H and O–H groups in total. The molecule has 0 aliphatic heterocycles. The smallest absolute Gasteiger partial charge is 0.417 e. The van der Waals surface area contributed by atoms with Gasteiger partial charge in [0.05, 0.1) is 23.6 Å². The SMILES string of the molecule is CC(C)(CC(=O)O)Nc1ccc(C(F)(F)F)c(C#N)c1. The Bertz CT molecular complexity index is 560. The summed E-state index contributed by atoms with van der Waals surface area (Å²) in [6.45, 7) is 3.20. The molecule has 108 valence electrons. The third kappa shape index (κ3) is 4.16. The fraction of sp³-hybridized carbons (Fsp3) is 0.385. The minimum atomic E-state index is -4.60. The fourth-order valence-electron chi connectivity index (χ4n) is 1.77. The molecule has 0 amide bonds. The van der Waals surface area contributed by atoms with Gasteiger partial charge in [-0.1, -0.05) is 0 Å². The van der Waals surface area contributed by atoms with E-state index in [1.54, 1.807) is 13.8 Å². The standard InChI is InChI=1S/C13H13F3N2O2/c1-12(2,6-11(19)20)18-9-3-4-10(13(14,15)16)8(5-9)7-17/h3-5,18H,6H2,1-2H3,(H,19,20). The summed E-state index contributed by atoms with van der Waals surface area (Å²) in [5.74, 6) is -1.03. The van der Waals surface area contributed by atoms with Gasteiger partial charge in [0.1, 0.15) is 0 Å². The van der Waals surface area contributed by atoms with Crippen LogP contribution in [0.3, 0.4) is 0 Å². The zero-order chi connectivity index (χ0) is 15.6. The average Bonchev–Trinajstić information content (AvgIpc) is 2.24. The van der Waals surface area contributed by atoms with Crippen molar-refractivity contribution in [3.63, 3.8) is 0 Å². The van der Waals surface area contributed by atoms with Crippen molar-refractivity contribution in [2.24, 2.45) is 0 Å². The van der Waals surface area contributed by atoms with Crippen molar-refractivity contribution >= 4 is 11.7 Å². The number of hydrogen-bond acceptors (Lipinski definition) is 3. The summed E-state index contributed by atoms with van der Waals surface area (Å²) in [5.41, 5.74) is -2.10. The highest BCUT2D eigenvalue weighted by Crippen LogP contribution is 2.33. The summed E-state index contributed by atoms with van der Waals surface area (Å²) >= 11 is 0. The molecule has 7 heteroatoms. The van der Waals surface area contributed by atoms with Crippen molar-refractivity contribution in [2.75, 3.05) is 5.32 Å². The van der Waals surface area contributed by atoms with Crippen LogP contribution in [-0.4, -0.2) is 16.6 Å². The molecule has 1 aromatic rings. The molecule has 0 aromatic heterocycles. The largest absolute Gasteiger partial charge is 0.481 e. The van der Waals surface area contributed by atoms with Crippen molar-refractivity contribution in [1.29, 1.82) is 5.26 Å². The van der Waals surface area contributed by atoms with Crippen molar-refractivity contribution in [3.05, 3.63) is 29.3 Å². The van der Waals surface area contributed by atoms with Gasteiger partial charge in [0.15, 0.2) is 0 Å². The molecule has 4 nitrogen and oxygen atoms in total. The van der Waals surface area contributed by atoms with E-state index in [1.165, 1.54) is 12.1 Å². The molecule has 1 rings (SSSR count). The van der Waals surface area contributed by atoms with Gasteiger partial charge in [-0.3, -0.25) is 4.79 Å². The molecule has 0 atom stereocenters. The molecular formula is C13H13F3N2O2. The van der Waals surface area contributed by atoms with Crippen LogP contribution in [0.2, 0.25) is 0 Å². The number of carboxylic acid groups (broad SMARTS) is 1. The molecule has 0 fully saturated rings. The molecule has 20 heavy (non-hydrogen) atoms. The van der Waals surface area contributed by atoms with Crippen LogP contribution in [-0.2, 0) is 11.0 Å². The summed E-state index contributed by atoms with van der Waals surface area (Å²) in [6, 6.07) is 4.53. The summed E-state index contributed by atoms with van der Waals surface area (Å²) in [4.78, 5) is 10.7. The minimum Gasteiger partial charge on any atom is -0.481 e. The molecule has 0 saturated carbocycles. The maximum atomic E-state index is 12.6. The third-order valence-corrected chi connectivity index (χ3v) is 2.52. The average molecular weight is 286 g/mol. The van der Waals surface area contributed by atoms with E-state index in [0.717, 1.165) is 12.1 Å². The maximum Gasteiger partial charge on any atom is 0.417 e. The second-order valence-corrected chi connectivity index (χ2v) is 4.95. The molecule has 0 heterocycles. The second kappa shape index (κ2) is 5.41. The third-order valence-electron chi connectivity index (χ3n) is 2.52. The number of carboxylic acids is 1. The Morgan fingerprint density at radius 2 is 2.00 bits per heavy atom. The molecule has 0 aliphatic carbocycles. The number of benzene rings is 1. The highest BCUT2D eigenvalue weighted by Gasteiger charge is 2.33. The molecule has 0 aliphatic rings. The van der Waals surface area contributed by atoms with E-state index < -0.39 is 28.8 Å². The van der Waals surface area contributed by atoms with Crippen LogP contribution in [0, 0.1) is 11.3 Å². The van der Waals surface area contributed by atoms with Gasteiger partial charge >= 0.3 is 12.1 Å². The molecule has 0 saturated heterocycles. The quantitative estimate of drug-likeness (QED) is 0.891. The summed E-state index contributed by atoms with van der Waals surface area (Å²) in [5, 5.41) is 20.3. The lowest BCUT2D eigenvalue weighted by atomic mass is 9.99. The number of aliphatic carboxylic acids is 1. The number of halogens is 3. The number of rotatable bonds is 4. The van der Waals surface area contributed by atoms with Gasteiger partial charge < -0.3 is 10.4 Å². The predicted octanol–water partition coefficient (Wildman–Crippen LogP) is 3.24. The topological polar surface area (TPSA) is 73.1 Å². The van der Waals surface area contributed by atoms with Crippen LogP contribution >= 0.6 is 0 Å². The van der Waals surface area contributed by atoms with E-state index in [9.17, 15) is 18.0 Å². The van der Waals surface area contributed by atoms with Gasteiger partial charge in [0, 0.05) is 11.2 Å². The van der Waals surface area contributed by atoms with Crippen molar-refractivity contribution in [1.82, 2.24) is 0 Å². The number of anilines is 1. The first kappa shape index (κ1) is 15.8. The number of alkyl halides is 3. The first-order valence-corrected chi connectivity index (χ1v) is 5.66. The number of carbonyl (C=O) groups is 1. The lowest BCUT2D eigenvalue weighted by Crippen LogP contribution is -2.33. The number of nitrogens with zero attached hydrogens (tertiary/aromatic N) is 1. The predicted molar refractivity (Wildman–Crippen MR) is 66.1 cm³/mol. The van der Waals surface area contributed by atoms with Gasteiger partial charge in [-0.05, 0) is 32.0 Å². The second-order valence-electron chi connectivity index (χ2n) is 4.95. The van der Waals surface area contributed by atoms with Crippen LogP contribution < -0.4 is 5.32 Å². The molecule has 0 unspecified atom stereocenters. The molecule has 0 spiro atoms. The first-order valence-electron chi connectivity index (χ1n) is 5.66. The Labute approximate surface area is 113 Å². The Morgan fingerprint density at radius 1 is 1.40 bits per heavy atom. The van der Waals surface area contributed by atoms with Crippen LogP contribution in [0.4, 0.5) is 18.9 Å². The van der Waals surface area contributed by atoms with Gasteiger partial charge in [-0.2, -0.15) is 18.4 Å². The highest BCUT2D eigenvalue weighted by molar-refractivity contribution is 5.69. The highest BCUT2D eigenvalue weighted by atomic mass is 19.4. The zero-order valence-electron chi connectivity index (χ0n) is 10.9. The van der Waals surface area contributed by atoms with Gasteiger partial charge in [0.25, 0.3) is 0 Å². The molecule has 0 radical (unpaired) electrons. The van der Waals surface area contributed by atoms with Crippen molar-refractivity contribution in [2.45, 2.75) is 32.0 Å². The lowest BCUT2D eigenvalue weighted by Gasteiger charge is -2.26. The zero-order valence-corrected chi connectivity index (χ0v) is 10.9. The monoisotopic (exact) mass is 286 g/mol. The minimum absolute atomic E-state index is 0.212. The van der Waals surface area contributed by atoms with Crippen LogP contribution in [0.15, 0.2) is 18.2 Å². The number of hydrogen-bond donors (Lipinski definition) is 2. The Hall–Kier alpha value is -2.23. The Balaban J connectivity index is 3.06. The van der Waals surface area contributed by atoms with E-state index in [4.69, 9.17) is 10.4 Å². The van der Waals surface area contributed by atoms with E-state index >= 15 is 0 Å². The fourth-order valence-corrected chi connectivity index (χ4v) is 1.77. The van der Waals surface area contributed by atoms with E-state index in [1.807, 2.05) is 0 Å². The molecule has 1 aromatic carbocycles. The van der Waals surface area contributed by atoms with Crippen LogP contribution in [0.1, 0.15) is 31.4 Å². The summed E-state index contributed by atoms with van der Waals surface area (Å²) < 4.78 is 37.9. The Kier molecular flexibility index (Phi) is 4.28. The van der Waals surface area contributed by atoms with Gasteiger partial charge in [-0.15, -0.1) is 0 Å². The maximum absolute atomic E-state index is 12.6. The van der Waals surface area contributed by atoms with E-state index in [0.29, 0.717) is 0 Å². The number of nitrogens with one attached hydrogen (secondary N) is 1. The first-order chi connectivity index (χ1) is 9.05.